The van der Waals surface area contributed by atoms with Gasteiger partial charge < -0.3 is 16.2 Å². The zero-order chi connectivity index (χ0) is 15.2. The second-order valence-corrected chi connectivity index (χ2v) is 5.65. The third-order valence-corrected chi connectivity index (χ3v) is 4.02. The van der Waals surface area contributed by atoms with Crippen LogP contribution in [0.4, 0.5) is 5.69 Å². The smallest absolute Gasteiger partial charge is 0.308 e. The van der Waals surface area contributed by atoms with Crippen LogP contribution in [0.3, 0.4) is 0 Å². The van der Waals surface area contributed by atoms with E-state index in [4.69, 9.17) is 5.73 Å². The van der Waals surface area contributed by atoms with Crippen molar-refractivity contribution in [3.05, 3.63) is 29.8 Å². The predicted molar refractivity (Wildman–Crippen MR) is 80.7 cm³/mol. The zero-order valence-corrected chi connectivity index (χ0v) is 12.0. The number of benzene rings is 1. The van der Waals surface area contributed by atoms with E-state index in [1.54, 1.807) is 0 Å². The summed E-state index contributed by atoms with van der Waals surface area (Å²) < 4.78 is 0. The number of anilines is 1. The first kappa shape index (κ1) is 15.4. The molecule has 0 bridgehead atoms. The van der Waals surface area contributed by atoms with Crippen LogP contribution in [-0.2, 0) is 16.0 Å². The number of amides is 1. The summed E-state index contributed by atoms with van der Waals surface area (Å²) in [6.45, 7) is 0. The number of rotatable bonds is 5. The summed E-state index contributed by atoms with van der Waals surface area (Å²) in [5, 5.41) is 12.1. The Morgan fingerprint density at radius 2 is 2.05 bits per heavy atom. The third-order valence-electron chi connectivity index (χ3n) is 4.02. The fourth-order valence-electron chi connectivity index (χ4n) is 2.88. The number of hydrogen-bond donors (Lipinski definition) is 3. The van der Waals surface area contributed by atoms with Crippen molar-refractivity contribution in [2.45, 2.75) is 44.6 Å². The van der Waals surface area contributed by atoms with E-state index in [-0.39, 0.29) is 11.9 Å². The molecule has 0 saturated heterocycles. The average molecular weight is 290 g/mol. The number of carboxylic acid groups (broad SMARTS) is 1. The van der Waals surface area contributed by atoms with Crippen molar-refractivity contribution in [3.63, 3.8) is 0 Å². The highest BCUT2D eigenvalue weighted by Gasteiger charge is 2.31. The highest BCUT2D eigenvalue weighted by Crippen LogP contribution is 2.24. The van der Waals surface area contributed by atoms with E-state index in [0.717, 1.165) is 24.8 Å². The van der Waals surface area contributed by atoms with Crippen molar-refractivity contribution < 1.29 is 14.7 Å². The quantitative estimate of drug-likeness (QED) is 0.723. The first-order valence-electron chi connectivity index (χ1n) is 7.43. The molecule has 0 radical (unpaired) electrons. The second kappa shape index (κ2) is 7.11. The molecule has 0 aromatic heterocycles. The SMILES string of the molecule is Nc1cccc(CCC(=O)NC2CCCCC2C(=O)O)c1. The van der Waals surface area contributed by atoms with E-state index in [0.29, 0.717) is 24.9 Å². The molecule has 114 valence electrons. The molecule has 5 heteroatoms. The largest absolute Gasteiger partial charge is 0.481 e. The van der Waals surface area contributed by atoms with Gasteiger partial charge >= 0.3 is 5.97 Å². The maximum atomic E-state index is 12.0. The van der Waals surface area contributed by atoms with Crippen LogP contribution in [0.25, 0.3) is 0 Å². The van der Waals surface area contributed by atoms with Gasteiger partial charge in [-0.15, -0.1) is 0 Å². The number of carbonyl (C=O) groups is 2. The molecule has 1 aromatic rings. The average Bonchev–Trinajstić information content (AvgIpc) is 2.45. The lowest BCUT2D eigenvalue weighted by atomic mass is 9.84. The standard InChI is InChI=1S/C16H22N2O3/c17-12-5-3-4-11(10-12)8-9-15(19)18-14-7-2-1-6-13(14)16(20)21/h3-5,10,13-14H,1-2,6-9,17H2,(H,18,19)(H,20,21). The van der Waals surface area contributed by atoms with Crippen LogP contribution in [0, 0.1) is 5.92 Å². The van der Waals surface area contributed by atoms with Crippen LogP contribution in [0.2, 0.25) is 0 Å². The molecule has 0 aliphatic heterocycles. The summed E-state index contributed by atoms with van der Waals surface area (Å²) in [6, 6.07) is 7.23. The number of carbonyl (C=O) groups excluding carboxylic acids is 1. The van der Waals surface area contributed by atoms with Gasteiger partial charge in [-0.2, -0.15) is 0 Å². The van der Waals surface area contributed by atoms with Crippen molar-refractivity contribution in [3.8, 4) is 0 Å². The van der Waals surface area contributed by atoms with Crippen LogP contribution < -0.4 is 11.1 Å². The Kier molecular flexibility index (Phi) is 5.20. The van der Waals surface area contributed by atoms with Gasteiger partial charge in [-0.25, -0.2) is 0 Å². The number of nitrogens with two attached hydrogens (primary N) is 1. The van der Waals surface area contributed by atoms with E-state index in [1.165, 1.54) is 0 Å². The molecule has 1 aromatic carbocycles. The molecule has 21 heavy (non-hydrogen) atoms. The summed E-state index contributed by atoms with van der Waals surface area (Å²) in [4.78, 5) is 23.2. The molecule has 2 rings (SSSR count). The lowest BCUT2D eigenvalue weighted by Gasteiger charge is -2.29. The molecule has 1 fully saturated rings. The van der Waals surface area contributed by atoms with Gasteiger partial charge in [0.15, 0.2) is 0 Å². The Balaban J connectivity index is 1.84. The molecule has 5 nitrogen and oxygen atoms in total. The van der Waals surface area contributed by atoms with Crippen molar-refractivity contribution in [2.75, 3.05) is 5.73 Å². The molecule has 1 aliphatic carbocycles. The summed E-state index contributed by atoms with van der Waals surface area (Å²) in [7, 11) is 0. The van der Waals surface area contributed by atoms with Crippen molar-refractivity contribution in [1.29, 1.82) is 0 Å². The summed E-state index contributed by atoms with van der Waals surface area (Å²) in [5.74, 6) is -1.35. The Hall–Kier alpha value is -2.04. The first-order chi connectivity index (χ1) is 10.1. The maximum absolute atomic E-state index is 12.0. The Morgan fingerprint density at radius 3 is 2.76 bits per heavy atom. The van der Waals surface area contributed by atoms with Gasteiger partial charge in [0.2, 0.25) is 5.91 Å². The fraction of sp³-hybridized carbons (Fsp3) is 0.500. The summed E-state index contributed by atoms with van der Waals surface area (Å²) in [6.07, 6.45) is 4.26. The van der Waals surface area contributed by atoms with Gasteiger partial charge in [0.25, 0.3) is 0 Å². The summed E-state index contributed by atoms with van der Waals surface area (Å²) in [5.41, 5.74) is 7.40. The molecule has 4 N–H and O–H groups in total. The van der Waals surface area contributed by atoms with Crippen molar-refractivity contribution >= 4 is 17.6 Å². The number of aryl methyl sites for hydroxylation is 1. The van der Waals surface area contributed by atoms with E-state index in [9.17, 15) is 14.7 Å². The van der Waals surface area contributed by atoms with Gasteiger partial charge in [0.05, 0.1) is 5.92 Å². The zero-order valence-electron chi connectivity index (χ0n) is 12.0. The molecule has 0 heterocycles. The second-order valence-electron chi connectivity index (χ2n) is 5.65. The normalized spacial score (nSPS) is 21.7. The Labute approximate surface area is 124 Å². The van der Waals surface area contributed by atoms with Gasteiger partial charge in [-0.1, -0.05) is 25.0 Å². The van der Waals surface area contributed by atoms with Crippen LogP contribution in [0.5, 0.6) is 0 Å². The minimum absolute atomic E-state index is 0.0874. The topological polar surface area (TPSA) is 92.4 Å². The summed E-state index contributed by atoms with van der Waals surface area (Å²) >= 11 is 0. The Morgan fingerprint density at radius 1 is 1.29 bits per heavy atom. The maximum Gasteiger partial charge on any atom is 0.308 e. The van der Waals surface area contributed by atoms with E-state index >= 15 is 0 Å². The number of carboxylic acids is 1. The van der Waals surface area contributed by atoms with Crippen LogP contribution in [0.15, 0.2) is 24.3 Å². The minimum Gasteiger partial charge on any atom is -0.481 e. The van der Waals surface area contributed by atoms with Crippen LogP contribution in [-0.4, -0.2) is 23.0 Å². The first-order valence-corrected chi connectivity index (χ1v) is 7.43. The van der Waals surface area contributed by atoms with Gasteiger partial charge in [-0.05, 0) is 37.0 Å². The highest BCUT2D eigenvalue weighted by atomic mass is 16.4. The highest BCUT2D eigenvalue weighted by molar-refractivity contribution is 5.78. The molecular weight excluding hydrogens is 268 g/mol. The molecule has 2 atom stereocenters. The number of nitrogens with one attached hydrogen (secondary N) is 1. The monoisotopic (exact) mass is 290 g/mol. The van der Waals surface area contributed by atoms with E-state index in [2.05, 4.69) is 5.32 Å². The lowest BCUT2D eigenvalue weighted by molar-refractivity contribution is -0.144. The van der Waals surface area contributed by atoms with Crippen LogP contribution in [0.1, 0.15) is 37.7 Å². The molecule has 2 unspecified atom stereocenters. The van der Waals surface area contributed by atoms with Gasteiger partial charge in [-0.3, -0.25) is 9.59 Å². The van der Waals surface area contributed by atoms with Crippen molar-refractivity contribution in [1.82, 2.24) is 5.32 Å². The van der Waals surface area contributed by atoms with E-state index in [1.807, 2.05) is 24.3 Å². The predicted octanol–water partition coefficient (Wildman–Crippen LogP) is 1.96. The molecule has 1 aliphatic rings. The number of nitrogen functional groups attached to an aromatic ring is 1. The third kappa shape index (κ3) is 4.48. The van der Waals surface area contributed by atoms with Crippen LogP contribution >= 0.6 is 0 Å². The van der Waals surface area contributed by atoms with Gasteiger partial charge in [0, 0.05) is 18.2 Å². The number of hydrogen-bond acceptors (Lipinski definition) is 3. The molecule has 0 spiro atoms. The lowest BCUT2D eigenvalue weighted by Crippen LogP contribution is -2.45. The van der Waals surface area contributed by atoms with Gasteiger partial charge in [0.1, 0.15) is 0 Å². The fourth-order valence-corrected chi connectivity index (χ4v) is 2.88. The molecule has 1 amide bonds. The van der Waals surface area contributed by atoms with E-state index < -0.39 is 11.9 Å². The molecule has 1 saturated carbocycles. The van der Waals surface area contributed by atoms with Crippen molar-refractivity contribution in [2.24, 2.45) is 5.92 Å². The Bertz CT molecular complexity index is 516. The molecular formula is C16H22N2O3. The number of aliphatic carboxylic acids is 1. The minimum atomic E-state index is -0.809.